The molecule has 2 rings (SSSR count). The van der Waals surface area contributed by atoms with E-state index in [0.29, 0.717) is 5.92 Å². The summed E-state index contributed by atoms with van der Waals surface area (Å²) >= 11 is 0. The van der Waals surface area contributed by atoms with Crippen molar-refractivity contribution in [3.8, 4) is 12.3 Å². The van der Waals surface area contributed by atoms with Crippen LogP contribution in [-0.4, -0.2) is 7.05 Å². The molecule has 0 amide bonds. The van der Waals surface area contributed by atoms with Gasteiger partial charge in [-0.1, -0.05) is 72.5 Å². The molecule has 26 heavy (non-hydrogen) atoms. The van der Waals surface area contributed by atoms with Gasteiger partial charge < -0.3 is 5.32 Å². The molecule has 0 saturated heterocycles. The third-order valence-electron chi connectivity index (χ3n) is 4.49. The Morgan fingerprint density at radius 3 is 2.77 bits per heavy atom. The fourth-order valence-corrected chi connectivity index (χ4v) is 2.84. The van der Waals surface area contributed by atoms with Crippen LogP contribution >= 0.6 is 0 Å². The minimum atomic E-state index is 0.562. The largest absolute Gasteiger partial charge is 0.381 e. The van der Waals surface area contributed by atoms with Gasteiger partial charge >= 0.3 is 0 Å². The van der Waals surface area contributed by atoms with Crippen LogP contribution in [0.2, 0.25) is 0 Å². The summed E-state index contributed by atoms with van der Waals surface area (Å²) in [6, 6.07) is 8.14. The van der Waals surface area contributed by atoms with Crippen LogP contribution in [0.3, 0.4) is 0 Å². The van der Waals surface area contributed by atoms with Crippen LogP contribution in [0.5, 0.6) is 0 Å². The molecule has 0 bridgehead atoms. The summed E-state index contributed by atoms with van der Waals surface area (Å²) in [7, 11) is 1.91. The molecule has 0 spiro atoms. The predicted octanol–water partition coefficient (Wildman–Crippen LogP) is 5.91. The second-order valence-corrected chi connectivity index (χ2v) is 6.50. The number of hydrogen-bond donors (Lipinski definition) is 1. The zero-order valence-electron chi connectivity index (χ0n) is 15.8. The predicted molar refractivity (Wildman–Crippen MR) is 114 cm³/mol. The molecule has 1 saturated carbocycles. The molecule has 0 heterocycles. The van der Waals surface area contributed by atoms with Crippen LogP contribution in [0.15, 0.2) is 78.1 Å². The number of rotatable bonds is 8. The number of hydrogen-bond acceptors (Lipinski definition) is 1. The molecule has 1 unspecified atom stereocenters. The van der Waals surface area contributed by atoms with Gasteiger partial charge in [-0.2, -0.15) is 0 Å². The molecule has 1 nitrogen and oxygen atoms in total. The minimum absolute atomic E-state index is 0.562. The Labute approximate surface area is 158 Å². The Morgan fingerprint density at radius 1 is 1.38 bits per heavy atom. The maximum absolute atomic E-state index is 5.45. The summed E-state index contributed by atoms with van der Waals surface area (Å²) in [6.45, 7) is 10.0. The standard InChI is InChI=1S/C25H27N/c1-6-8-11-20(14-16-22-18-24(22)19(3)4)15-17-25(26-5)23-13-10-9-12-21(23)7-2/h1,7,9-10,12-16,24,26H,2-3,8,11,18H2,4-5H3/b20-14-,22-16-. The number of terminal acetylenes is 1. The maximum atomic E-state index is 5.45. The van der Waals surface area contributed by atoms with E-state index in [0.717, 1.165) is 36.1 Å². The average Bonchev–Trinajstić information content (AvgIpc) is 3.44. The van der Waals surface area contributed by atoms with Crippen molar-refractivity contribution in [1.82, 2.24) is 5.32 Å². The molecule has 1 atom stereocenters. The summed E-state index contributed by atoms with van der Waals surface area (Å²) in [6.07, 6.45) is 16.4. The van der Waals surface area contributed by atoms with Crippen LogP contribution in [-0.2, 0) is 0 Å². The van der Waals surface area contributed by atoms with Crippen LogP contribution in [0, 0.1) is 18.3 Å². The van der Waals surface area contributed by atoms with Crippen molar-refractivity contribution < 1.29 is 0 Å². The van der Waals surface area contributed by atoms with E-state index in [1.165, 1.54) is 16.7 Å². The molecular formula is C25H27N. The Hall–Kier alpha value is -2.94. The van der Waals surface area contributed by atoms with Crippen LogP contribution in [0.4, 0.5) is 0 Å². The summed E-state index contributed by atoms with van der Waals surface area (Å²) < 4.78 is 0. The van der Waals surface area contributed by atoms with E-state index >= 15 is 0 Å². The fourth-order valence-electron chi connectivity index (χ4n) is 2.84. The normalized spacial score (nSPS) is 17.0. The maximum Gasteiger partial charge on any atom is 0.0850 e. The number of allylic oxidation sites excluding steroid dienone is 6. The SMILES string of the molecule is C#CCC/C(C=C=C(NC)c1ccccc1C=C)=C/C=C1/CC1C(=C)C. The second-order valence-electron chi connectivity index (χ2n) is 6.50. The summed E-state index contributed by atoms with van der Waals surface area (Å²) in [5.41, 5.74) is 10.4. The Kier molecular flexibility index (Phi) is 7.10. The Bertz CT molecular complexity index is 848. The minimum Gasteiger partial charge on any atom is -0.381 e. The molecule has 1 heteroatoms. The molecule has 0 radical (unpaired) electrons. The molecule has 1 N–H and O–H groups in total. The fraction of sp³-hybridized carbons (Fsp3) is 0.240. The van der Waals surface area contributed by atoms with Gasteiger partial charge in [0.2, 0.25) is 0 Å². The van der Waals surface area contributed by atoms with Gasteiger partial charge in [-0.3, -0.25) is 0 Å². The van der Waals surface area contributed by atoms with Crippen LogP contribution in [0.25, 0.3) is 11.8 Å². The molecule has 1 aromatic carbocycles. The second kappa shape index (κ2) is 9.52. The van der Waals surface area contributed by atoms with Gasteiger partial charge in [0.1, 0.15) is 0 Å². The molecule has 1 aliphatic rings. The first-order chi connectivity index (χ1) is 12.6. The lowest BCUT2D eigenvalue weighted by Gasteiger charge is -2.08. The van der Waals surface area contributed by atoms with E-state index in [-0.39, 0.29) is 0 Å². The van der Waals surface area contributed by atoms with Crippen molar-refractivity contribution in [1.29, 1.82) is 0 Å². The van der Waals surface area contributed by atoms with Crippen molar-refractivity contribution in [2.45, 2.75) is 26.2 Å². The molecule has 0 aliphatic heterocycles. The van der Waals surface area contributed by atoms with E-state index in [1.54, 1.807) is 0 Å². The molecule has 1 fully saturated rings. The van der Waals surface area contributed by atoms with Gasteiger partial charge in [0.05, 0.1) is 5.70 Å². The lowest BCUT2D eigenvalue weighted by atomic mass is 10.0. The first-order valence-electron chi connectivity index (χ1n) is 8.95. The zero-order valence-corrected chi connectivity index (χ0v) is 15.8. The lowest BCUT2D eigenvalue weighted by molar-refractivity contribution is 1.03. The van der Waals surface area contributed by atoms with Crippen LogP contribution in [0.1, 0.15) is 37.3 Å². The molecular weight excluding hydrogens is 314 g/mol. The molecule has 1 aliphatic carbocycles. The van der Waals surface area contributed by atoms with E-state index in [2.05, 4.69) is 55.3 Å². The van der Waals surface area contributed by atoms with Crippen molar-refractivity contribution >= 4 is 11.8 Å². The van der Waals surface area contributed by atoms with Gasteiger partial charge in [-0.25, -0.2) is 0 Å². The highest BCUT2D eigenvalue weighted by Crippen LogP contribution is 2.42. The topological polar surface area (TPSA) is 12.0 Å². The van der Waals surface area contributed by atoms with E-state index in [1.807, 2.05) is 37.4 Å². The number of benzene rings is 1. The van der Waals surface area contributed by atoms with E-state index in [4.69, 9.17) is 6.42 Å². The highest BCUT2D eigenvalue weighted by molar-refractivity contribution is 5.72. The smallest absolute Gasteiger partial charge is 0.0850 e. The lowest BCUT2D eigenvalue weighted by Crippen LogP contribution is -2.04. The van der Waals surface area contributed by atoms with Gasteiger partial charge in [0, 0.05) is 24.9 Å². The van der Waals surface area contributed by atoms with Gasteiger partial charge in [-0.15, -0.1) is 12.3 Å². The summed E-state index contributed by atoms with van der Waals surface area (Å²) in [5, 5.41) is 3.24. The van der Waals surface area contributed by atoms with E-state index < -0.39 is 0 Å². The molecule has 0 aromatic heterocycles. The third-order valence-corrected chi connectivity index (χ3v) is 4.49. The molecule has 132 valence electrons. The van der Waals surface area contributed by atoms with Crippen LogP contribution < -0.4 is 5.32 Å². The first-order valence-corrected chi connectivity index (χ1v) is 8.95. The van der Waals surface area contributed by atoms with Gasteiger partial charge in [0.25, 0.3) is 0 Å². The first kappa shape index (κ1) is 19.4. The highest BCUT2D eigenvalue weighted by atomic mass is 14.8. The quantitative estimate of drug-likeness (QED) is 0.268. The summed E-state index contributed by atoms with van der Waals surface area (Å²) in [4.78, 5) is 0. The van der Waals surface area contributed by atoms with Crippen molar-refractivity contribution in [3.05, 3.63) is 89.2 Å². The molecule has 1 aromatic rings. The third kappa shape index (κ3) is 5.28. The Balaban J connectivity index is 2.33. The summed E-state index contributed by atoms with van der Waals surface area (Å²) in [5.74, 6) is 3.28. The zero-order chi connectivity index (χ0) is 18.9. The number of nitrogens with one attached hydrogen (secondary N) is 1. The Morgan fingerprint density at radius 2 is 2.15 bits per heavy atom. The van der Waals surface area contributed by atoms with Gasteiger partial charge in [-0.05, 0) is 37.0 Å². The van der Waals surface area contributed by atoms with Crippen molar-refractivity contribution in [3.63, 3.8) is 0 Å². The van der Waals surface area contributed by atoms with Crippen molar-refractivity contribution in [2.24, 2.45) is 5.92 Å². The monoisotopic (exact) mass is 341 g/mol. The van der Waals surface area contributed by atoms with Crippen molar-refractivity contribution in [2.75, 3.05) is 7.05 Å². The van der Waals surface area contributed by atoms with Gasteiger partial charge in [0.15, 0.2) is 0 Å². The average molecular weight is 341 g/mol. The highest BCUT2D eigenvalue weighted by Gasteiger charge is 2.28. The van der Waals surface area contributed by atoms with E-state index in [9.17, 15) is 0 Å².